The van der Waals surface area contributed by atoms with E-state index in [2.05, 4.69) is 87.2 Å². The van der Waals surface area contributed by atoms with Gasteiger partial charge in [-0.2, -0.15) is 5.10 Å². The van der Waals surface area contributed by atoms with Crippen LogP contribution in [-0.4, -0.2) is 20.2 Å². The lowest BCUT2D eigenvalue weighted by Crippen LogP contribution is -2.12. The molecule has 5 nitrogen and oxygen atoms in total. The van der Waals surface area contributed by atoms with Crippen molar-refractivity contribution in [3.8, 4) is 11.4 Å². The number of aromatic amines is 2. The molecule has 3 aromatic heterocycles. The van der Waals surface area contributed by atoms with Crippen molar-refractivity contribution < 1.29 is 0 Å². The number of H-pyrrole nitrogens is 2. The van der Waals surface area contributed by atoms with E-state index in [9.17, 15) is 0 Å². The maximum atomic E-state index is 4.59. The zero-order chi connectivity index (χ0) is 26.2. The molecule has 2 aromatic carbocycles. The molecule has 5 aromatic rings. The molecule has 0 spiro atoms. The minimum absolute atomic E-state index is 0.752. The van der Waals surface area contributed by atoms with Crippen molar-refractivity contribution in [3.63, 3.8) is 0 Å². The fourth-order valence-electron chi connectivity index (χ4n) is 4.24. The summed E-state index contributed by atoms with van der Waals surface area (Å²) in [5.41, 5.74) is 9.02. The van der Waals surface area contributed by atoms with Crippen LogP contribution in [0.25, 0.3) is 38.8 Å². The van der Waals surface area contributed by atoms with Gasteiger partial charge in [0.15, 0.2) is 0 Å². The minimum Gasteiger partial charge on any atom is -0.359 e. The highest BCUT2D eigenvalue weighted by molar-refractivity contribution is 5.97. The molecule has 0 aliphatic heterocycles. The van der Waals surface area contributed by atoms with Gasteiger partial charge in [-0.1, -0.05) is 69.5 Å². The Balaban J connectivity index is 0.00000156. The van der Waals surface area contributed by atoms with Gasteiger partial charge < -0.3 is 10.3 Å². The molecular formula is C32H33N5. The molecule has 5 rings (SSSR count). The summed E-state index contributed by atoms with van der Waals surface area (Å²) in [4.78, 5) is 7.64. The predicted molar refractivity (Wildman–Crippen MR) is 157 cm³/mol. The molecule has 0 aliphatic rings. The molecular weight excluding hydrogens is 454 g/mol. The zero-order valence-corrected chi connectivity index (χ0v) is 21.7. The first kappa shape index (κ1) is 25.5. The topological polar surface area (TPSA) is 69.4 Å². The summed E-state index contributed by atoms with van der Waals surface area (Å²) in [6.45, 7) is 14.2. The Morgan fingerprint density at radius 1 is 1.03 bits per heavy atom. The van der Waals surface area contributed by atoms with Crippen LogP contribution in [0.1, 0.15) is 31.9 Å². The van der Waals surface area contributed by atoms with Crippen LogP contribution in [0.15, 0.2) is 116 Å². The van der Waals surface area contributed by atoms with Crippen molar-refractivity contribution in [2.24, 2.45) is 0 Å². The first-order valence-electron chi connectivity index (χ1n) is 12.6. The number of hydrogen-bond donors (Lipinski definition) is 3. The van der Waals surface area contributed by atoms with Gasteiger partial charge in [0.1, 0.15) is 5.69 Å². The highest BCUT2D eigenvalue weighted by atomic mass is 15.1. The first-order chi connectivity index (χ1) is 18.1. The molecule has 0 saturated carbocycles. The molecule has 0 unspecified atom stereocenters. The van der Waals surface area contributed by atoms with E-state index in [0.29, 0.717) is 0 Å². The summed E-state index contributed by atoms with van der Waals surface area (Å²) in [5.74, 6) is 0. The number of aromatic nitrogens is 4. The van der Waals surface area contributed by atoms with Gasteiger partial charge in [0, 0.05) is 34.8 Å². The van der Waals surface area contributed by atoms with Crippen LogP contribution in [0.3, 0.4) is 0 Å². The normalized spacial score (nSPS) is 11.8. The number of fused-ring (bicyclic) bond motifs is 2. The van der Waals surface area contributed by atoms with Crippen LogP contribution in [0, 0.1) is 0 Å². The number of nitrogens with zero attached hydrogens (tertiary/aromatic N) is 2. The number of nitrogens with one attached hydrogen (secondary N) is 3. The van der Waals surface area contributed by atoms with E-state index in [1.807, 2.05) is 57.3 Å². The summed E-state index contributed by atoms with van der Waals surface area (Å²) < 4.78 is 0. The third kappa shape index (κ3) is 5.78. The Bertz CT molecular complexity index is 1550. The maximum absolute atomic E-state index is 4.59. The standard InChI is InChI=1S/C30H27N5.C2H6/c1-4-22(16-25(5-2)32-20(3)15-21-9-7-6-8-10-21)23-11-12-27-26(17-23)30(35-34-27)28-18-24-13-14-31-19-29(24)33-28;1-2/h4-14,16-19,32-33H,2-3,15H2,1H3,(H,34,35);1-2H3/b22-4+,25-16+;. The van der Waals surface area contributed by atoms with E-state index >= 15 is 0 Å². The number of benzene rings is 2. The zero-order valence-electron chi connectivity index (χ0n) is 21.7. The highest BCUT2D eigenvalue weighted by Crippen LogP contribution is 2.31. The Morgan fingerprint density at radius 2 is 1.84 bits per heavy atom. The van der Waals surface area contributed by atoms with Gasteiger partial charge in [0.2, 0.25) is 0 Å². The molecule has 37 heavy (non-hydrogen) atoms. The lowest BCUT2D eigenvalue weighted by molar-refractivity contribution is 0.942. The fraction of sp³-hybridized carbons (Fsp3) is 0.125. The molecule has 3 N–H and O–H groups in total. The summed E-state index contributed by atoms with van der Waals surface area (Å²) in [6.07, 6.45) is 10.4. The van der Waals surface area contributed by atoms with Crippen LogP contribution >= 0.6 is 0 Å². The molecule has 5 heteroatoms. The van der Waals surface area contributed by atoms with Crippen molar-refractivity contribution in [2.45, 2.75) is 27.2 Å². The monoisotopic (exact) mass is 487 g/mol. The smallest absolute Gasteiger partial charge is 0.116 e. The highest BCUT2D eigenvalue weighted by Gasteiger charge is 2.12. The molecule has 0 amide bonds. The molecule has 0 fully saturated rings. The van der Waals surface area contributed by atoms with E-state index in [4.69, 9.17) is 0 Å². The van der Waals surface area contributed by atoms with Crippen LogP contribution in [0.2, 0.25) is 0 Å². The van der Waals surface area contributed by atoms with Gasteiger partial charge in [-0.25, -0.2) is 0 Å². The summed E-state index contributed by atoms with van der Waals surface area (Å²) in [7, 11) is 0. The number of rotatable bonds is 8. The second kappa shape index (κ2) is 11.9. The van der Waals surface area contributed by atoms with Gasteiger partial charge in [0.05, 0.1) is 22.9 Å². The minimum atomic E-state index is 0.752. The van der Waals surface area contributed by atoms with Gasteiger partial charge in [-0.05, 0) is 60.0 Å². The number of pyridine rings is 1. The third-order valence-electron chi connectivity index (χ3n) is 6.00. The van der Waals surface area contributed by atoms with Gasteiger partial charge >= 0.3 is 0 Å². The van der Waals surface area contributed by atoms with E-state index in [1.165, 1.54) is 5.56 Å². The summed E-state index contributed by atoms with van der Waals surface area (Å²) in [6, 6.07) is 20.7. The Kier molecular flexibility index (Phi) is 8.16. The number of allylic oxidation sites excluding steroid dienone is 5. The van der Waals surface area contributed by atoms with Gasteiger partial charge in [0.25, 0.3) is 0 Å². The van der Waals surface area contributed by atoms with Crippen molar-refractivity contribution in [1.29, 1.82) is 0 Å². The van der Waals surface area contributed by atoms with E-state index in [-0.39, 0.29) is 0 Å². The quantitative estimate of drug-likeness (QED) is 0.195. The molecule has 0 radical (unpaired) electrons. The van der Waals surface area contributed by atoms with E-state index < -0.39 is 0 Å². The van der Waals surface area contributed by atoms with E-state index in [1.54, 1.807) is 6.20 Å². The lowest BCUT2D eigenvalue weighted by Gasteiger charge is -2.12. The predicted octanol–water partition coefficient (Wildman–Crippen LogP) is 7.95. The SMILES string of the molecule is C=C/C(=C\C(=C/C)c1ccc2[nH]nc(-c3cc4ccncc4[nH]3)c2c1)NC(=C)Cc1ccccc1.CC. The van der Waals surface area contributed by atoms with Crippen LogP contribution in [0.5, 0.6) is 0 Å². The van der Waals surface area contributed by atoms with Crippen LogP contribution in [0.4, 0.5) is 0 Å². The van der Waals surface area contributed by atoms with Gasteiger partial charge in [-0.3, -0.25) is 10.1 Å². The average molecular weight is 488 g/mol. The molecule has 3 heterocycles. The van der Waals surface area contributed by atoms with Crippen LogP contribution < -0.4 is 5.32 Å². The first-order valence-corrected chi connectivity index (χ1v) is 12.6. The van der Waals surface area contributed by atoms with E-state index in [0.717, 1.165) is 62.1 Å². The second-order valence-electron chi connectivity index (χ2n) is 8.42. The maximum Gasteiger partial charge on any atom is 0.116 e. The third-order valence-corrected chi connectivity index (χ3v) is 6.00. The Hall–Kier alpha value is -4.64. The van der Waals surface area contributed by atoms with Crippen molar-refractivity contribution >= 4 is 27.4 Å². The van der Waals surface area contributed by atoms with Crippen molar-refractivity contribution in [2.75, 3.05) is 0 Å². The van der Waals surface area contributed by atoms with Crippen molar-refractivity contribution in [1.82, 2.24) is 25.5 Å². The summed E-state index contributed by atoms with van der Waals surface area (Å²) >= 11 is 0. The molecule has 0 bridgehead atoms. The lowest BCUT2D eigenvalue weighted by atomic mass is 10.0. The second-order valence-corrected chi connectivity index (χ2v) is 8.42. The molecule has 0 aliphatic carbocycles. The molecule has 186 valence electrons. The molecule has 0 saturated heterocycles. The summed E-state index contributed by atoms with van der Waals surface area (Å²) in [5, 5.41) is 13.3. The van der Waals surface area contributed by atoms with Crippen molar-refractivity contribution in [3.05, 3.63) is 127 Å². The Labute approximate surface area is 218 Å². The molecule has 0 atom stereocenters. The Morgan fingerprint density at radius 3 is 2.57 bits per heavy atom. The number of hydrogen-bond acceptors (Lipinski definition) is 3. The van der Waals surface area contributed by atoms with Gasteiger partial charge in [-0.15, -0.1) is 0 Å². The largest absolute Gasteiger partial charge is 0.359 e. The fourth-order valence-corrected chi connectivity index (χ4v) is 4.24. The average Bonchev–Trinajstić information content (AvgIpc) is 3.56. The van der Waals surface area contributed by atoms with Crippen LogP contribution in [-0.2, 0) is 6.42 Å².